The first-order valence-electron chi connectivity index (χ1n) is 16.4. The van der Waals surface area contributed by atoms with Crippen LogP contribution in [0.3, 0.4) is 0 Å². The maximum absolute atomic E-state index is 14.0. The van der Waals surface area contributed by atoms with Gasteiger partial charge in [-0.25, -0.2) is 0 Å². The molecule has 0 aliphatic heterocycles. The van der Waals surface area contributed by atoms with Crippen LogP contribution in [-0.4, -0.2) is 5.78 Å². The topological polar surface area (TPSA) is 43.4 Å². The lowest BCUT2D eigenvalue weighted by atomic mass is 9.46. The van der Waals surface area contributed by atoms with E-state index in [1.807, 2.05) is 36.4 Å². The quantitative estimate of drug-likeness (QED) is 0.252. The molecule has 0 N–H and O–H groups in total. The van der Waals surface area contributed by atoms with E-state index in [1.165, 1.54) is 38.5 Å². The van der Waals surface area contributed by atoms with E-state index in [0.29, 0.717) is 17.3 Å². The third-order valence-electron chi connectivity index (χ3n) is 12.5. The van der Waals surface area contributed by atoms with Gasteiger partial charge >= 0.3 is 0 Å². The molecule has 3 saturated carbocycles. The Balaban J connectivity index is 1.32. The summed E-state index contributed by atoms with van der Waals surface area (Å²) in [7, 11) is 0. The van der Waals surface area contributed by atoms with E-state index in [1.54, 1.807) is 18.1 Å². The lowest BCUT2D eigenvalue weighted by Crippen LogP contribution is -2.50. The van der Waals surface area contributed by atoms with E-state index in [4.69, 9.17) is 8.83 Å². The monoisotopic (exact) mass is 554 g/mol. The van der Waals surface area contributed by atoms with Crippen molar-refractivity contribution in [2.24, 2.45) is 52.3 Å². The predicted molar refractivity (Wildman–Crippen MR) is 167 cm³/mol. The highest BCUT2D eigenvalue weighted by Gasteiger charge is 2.59. The second-order valence-corrected chi connectivity index (χ2v) is 14.9. The first-order valence-corrected chi connectivity index (χ1v) is 16.4. The zero-order chi connectivity index (χ0) is 28.9. The minimum absolute atomic E-state index is 0.00652. The Morgan fingerprint density at radius 1 is 0.878 bits per heavy atom. The molecule has 2 aromatic rings. The molecule has 4 aliphatic rings. The van der Waals surface area contributed by atoms with Gasteiger partial charge in [-0.3, -0.25) is 4.79 Å². The molecule has 2 heterocycles. The molecule has 0 saturated heterocycles. The van der Waals surface area contributed by atoms with Gasteiger partial charge in [0, 0.05) is 11.1 Å². The van der Waals surface area contributed by atoms with Crippen molar-refractivity contribution >= 4 is 17.9 Å². The first kappa shape index (κ1) is 28.6. The number of carbonyl (C=O) groups is 1. The predicted octanol–water partition coefficient (Wildman–Crippen LogP) is 10.4. The smallest absolute Gasteiger partial charge is 0.185 e. The van der Waals surface area contributed by atoms with Gasteiger partial charge < -0.3 is 8.83 Å². The molecule has 0 radical (unpaired) electrons. The number of carbonyl (C=O) groups excluding carboxylic acids is 1. The molecule has 4 aliphatic carbocycles. The molecule has 6 rings (SSSR count). The molecule has 0 amide bonds. The molecule has 0 bridgehead atoms. The zero-order valence-corrected chi connectivity index (χ0v) is 26.1. The number of hydrogen-bond acceptors (Lipinski definition) is 3. The van der Waals surface area contributed by atoms with Crippen LogP contribution < -0.4 is 0 Å². The summed E-state index contributed by atoms with van der Waals surface area (Å²) in [5.41, 5.74) is 3.92. The second kappa shape index (κ2) is 10.9. The number of hydrogen-bond donors (Lipinski definition) is 0. The van der Waals surface area contributed by atoms with Crippen molar-refractivity contribution in [3.63, 3.8) is 0 Å². The van der Waals surface area contributed by atoms with Gasteiger partial charge in [-0.05, 0) is 127 Å². The van der Waals surface area contributed by atoms with Crippen molar-refractivity contribution in [3.8, 4) is 0 Å². The molecule has 41 heavy (non-hydrogen) atoms. The average Bonchev–Trinajstić information content (AvgIpc) is 3.71. The summed E-state index contributed by atoms with van der Waals surface area (Å²) in [5, 5.41) is 0. The molecule has 3 fully saturated rings. The summed E-state index contributed by atoms with van der Waals surface area (Å²) >= 11 is 0. The summed E-state index contributed by atoms with van der Waals surface area (Å²) in [4.78, 5) is 14.0. The van der Waals surface area contributed by atoms with E-state index >= 15 is 0 Å². The number of furan rings is 2. The molecule has 220 valence electrons. The molecule has 0 unspecified atom stereocenters. The Hall–Kier alpha value is -2.55. The van der Waals surface area contributed by atoms with E-state index in [9.17, 15) is 4.79 Å². The molecule has 2 aromatic heterocycles. The summed E-state index contributed by atoms with van der Waals surface area (Å²) < 4.78 is 11.4. The number of fused-ring (bicyclic) bond motifs is 5. The Bertz CT molecular complexity index is 1320. The number of allylic oxidation sites excluding steroid dienone is 4. The summed E-state index contributed by atoms with van der Waals surface area (Å²) in [6, 6.07) is 7.71. The Kier molecular flexibility index (Phi) is 7.62. The molecule has 3 nitrogen and oxygen atoms in total. The number of ketones is 1. The maximum atomic E-state index is 14.0. The number of Topliss-reactive ketones (excluding diaryl/α,β-unsaturated/α-hetero) is 1. The second-order valence-electron chi connectivity index (χ2n) is 14.9. The van der Waals surface area contributed by atoms with Gasteiger partial charge in [0.15, 0.2) is 5.78 Å². The third-order valence-corrected chi connectivity index (χ3v) is 12.5. The Labute approximate surface area is 247 Å². The molecular weight excluding hydrogens is 504 g/mol. The van der Waals surface area contributed by atoms with Crippen LogP contribution in [0.15, 0.2) is 68.4 Å². The third kappa shape index (κ3) is 4.96. The van der Waals surface area contributed by atoms with Crippen molar-refractivity contribution in [2.75, 3.05) is 0 Å². The van der Waals surface area contributed by atoms with Crippen LogP contribution in [0.5, 0.6) is 0 Å². The molecule has 3 heteroatoms. The lowest BCUT2D eigenvalue weighted by Gasteiger charge is -2.57. The maximum Gasteiger partial charge on any atom is 0.185 e. The Morgan fingerprint density at radius 2 is 1.56 bits per heavy atom. The highest BCUT2D eigenvalue weighted by Crippen LogP contribution is 2.67. The van der Waals surface area contributed by atoms with Gasteiger partial charge in [-0.1, -0.05) is 66.0 Å². The zero-order valence-electron chi connectivity index (χ0n) is 26.1. The standard InChI is InChI=1S/C38H50O3/c1-24(2)25(3)11-12-26(4)32-15-16-33-30-13-14-34-31(22-29-10-8-20-41-29)36(39)27(21-28-9-7-19-40-28)23-38(34,6)35(30)17-18-37(32,33)5/h7-10,13,19-22,24-26,32-35H,11-12,14-18,23H2,1-6H3/b27-21-,31-22-/t25-,26+,32-,33+,34-,35+,37+,38-/m0/s1. The van der Waals surface area contributed by atoms with Crippen LogP contribution in [0, 0.1) is 52.3 Å². The van der Waals surface area contributed by atoms with Gasteiger partial charge in [0.25, 0.3) is 0 Å². The highest BCUT2D eigenvalue weighted by atomic mass is 16.3. The molecule has 0 aromatic carbocycles. The van der Waals surface area contributed by atoms with Crippen LogP contribution in [0.1, 0.15) is 104 Å². The van der Waals surface area contributed by atoms with Crippen LogP contribution in [-0.2, 0) is 4.79 Å². The average molecular weight is 555 g/mol. The SMILES string of the molecule is CC(C)[C@@H](C)CC[C@@H](C)[C@@H]1CC[C@@H]2C3=CC[C@H]4/C(=C/c5ccco5)C(=O)/C(=C\c5ccco5)C[C@]4(C)[C@@H]3CC[C@@]21C. The van der Waals surface area contributed by atoms with Gasteiger partial charge in [-0.2, -0.15) is 0 Å². The molecular formula is C38H50O3. The summed E-state index contributed by atoms with van der Waals surface area (Å²) in [6.45, 7) is 14.8. The Morgan fingerprint density at radius 3 is 2.22 bits per heavy atom. The highest BCUT2D eigenvalue weighted by molar-refractivity contribution is 6.14. The van der Waals surface area contributed by atoms with E-state index < -0.39 is 0 Å². The fourth-order valence-electron chi connectivity index (χ4n) is 9.71. The van der Waals surface area contributed by atoms with E-state index in [2.05, 4.69) is 47.6 Å². The summed E-state index contributed by atoms with van der Waals surface area (Å²) in [6.07, 6.45) is 19.7. The lowest BCUT2D eigenvalue weighted by molar-refractivity contribution is -0.115. The normalized spacial score (nSPS) is 36.7. The fourth-order valence-corrected chi connectivity index (χ4v) is 9.71. The van der Waals surface area contributed by atoms with Crippen molar-refractivity contribution in [1.82, 2.24) is 0 Å². The van der Waals surface area contributed by atoms with Gasteiger partial charge in [0.05, 0.1) is 12.5 Å². The van der Waals surface area contributed by atoms with Gasteiger partial charge in [-0.15, -0.1) is 0 Å². The largest absolute Gasteiger partial charge is 0.465 e. The minimum atomic E-state index is 0.00652. The van der Waals surface area contributed by atoms with E-state index in [-0.39, 0.29) is 17.1 Å². The van der Waals surface area contributed by atoms with Crippen LogP contribution in [0.25, 0.3) is 12.2 Å². The minimum Gasteiger partial charge on any atom is -0.465 e. The van der Waals surface area contributed by atoms with Crippen LogP contribution in [0.2, 0.25) is 0 Å². The van der Waals surface area contributed by atoms with Gasteiger partial charge in [0.1, 0.15) is 11.5 Å². The van der Waals surface area contributed by atoms with Crippen molar-refractivity contribution in [1.29, 1.82) is 0 Å². The molecule has 8 atom stereocenters. The van der Waals surface area contributed by atoms with Crippen molar-refractivity contribution in [2.45, 2.75) is 92.9 Å². The van der Waals surface area contributed by atoms with Crippen molar-refractivity contribution < 1.29 is 13.6 Å². The van der Waals surface area contributed by atoms with Crippen LogP contribution >= 0.6 is 0 Å². The molecule has 0 spiro atoms. The van der Waals surface area contributed by atoms with Crippen LogP contribution in [0.4, 0.5) is 0 Å². The number of rotatable bonds is 7. The first-order chi connectivity index (χ1) is 19.6. The fraction of sp³-hybridized carbons (Fsp3) is 0.605. The summed E-state index contributed by atoms with van der Waals surface area (Å²) in [5.74, 6) is 6.26. The van der Waals surface area contributed by atoms with Gasteiger partial charge in [0.2, 0.25) is 0 Å². The van der Waals surface area contributed by atoms with E-state index in [0.717, 1.165) is 59.2 Å². The van der Waals surface area contributed by atoms with Crippen molar-refractivity contribution in [3.05, 3.63) is 71.1 Å².